The zero-order valence-corrected chi connectivity index (χ0v) is 14.4. The van der Waals surface area contributed by atoms with Crippen molar-refractivity contribution in [3.63, 3.8) is 0 Å². The van der Waals surface area contributed by atoms with E-state index in [0.717, 1.165) is 30.1 Å². The minimum absolute atomic E-state index is 0.0166. The molecule has 1 heterocycles. The summed E-state index contributed by atoms with van der Waals surface area (Å²) in [4.78, 5) is 16.5. The molecule has 0 unspecified atom stereocenters. The lowest BCUT2D eigenvalue weighted by Gasteiger charge is -2.36. The first kappa shape index (κ1) is 16.9. The molecule has 2 N–H and O–H groups in total. The molecule has 25 heavy (non-hydrogen) atoms. The average molecular weight is 337 g/mol. The van der Waals surface area contributed by atoms with E-state index >= 15 is 0 Å². The van der Waals surface area contributed by atoms with Crippen molar-refractivity contribution in [2.45, 2.75) is 0 Å². The summed E-state index contributed by atoms with van der Waals surface area (Å²) in [5.74, 6) is 0.879. The van der Waals surface area contributed by atoms with Gasteiger partial charge in [0, 0.05) is 37.9 Å². The first-order valence-corrected chi connectivity index (χ1v) is 8.38. The summed E-state index contributed by atoms with van der Waals surface area (Å²) >= 11 is 0. The van der Waals surface area contributed by atoms with Crippen LogP contribution >= 0.6 is 0 Å². The molecule has 0 bridgehead atoms. The molecule has 1 saturated heterocycles. The van der Waals surface area contributed by atoms with Crippen LogP contribution in [0.25, 0.3) is 6.08 Å². The van der Waals surface area contributed by atoms with Gasteiger partial charge >= 0.3 is 0 Å². The Labute approximate surface area is 148 Å². The highest BCUT2D eigenvalue weighted by Gasteiger charge is 2.21. The van der Waals surface area contributed by atoms with Crippen molar-refractivity contribution < 1.29 is 9.53 Å². The van der Waals surface area contributed by atoms with Crippen LogP contribution < -0.4 is 15.4 Å². The summed E-state index contributed by atoms with van der Waals surface area (Å²) in [5, 5.41) is 0. The molecule has 0 aliphatic carbocycles. The zero-order chi connectivity index (χ0) is 17.6. The zero-order valence-electron chi connectivity index (χ0n) is 14.4. The SMILES string of the molecule is COc1ccccc1N1CCN(C(=O)/C=C/c2ccccc2N)CC1. The Hall–Kier alpha value is -2.95. The second-order valence-electron chi connectivity index (χ2n) is 5.95. The van der Waals surface area contributed by atoms with Gasteiger partial charge < -0.3 is 20.3 Å². The maximum atomic E-state index is 12.4. The highest BCUT2D eigenvalue weighted by molar-refractivity contribution is 5.92. The van der Waals surface area contributed by atoms with Gasteiger partial charge in [-0.2, -0.15) is 0 Å². The highest BCUT2D eigenvalue weighted by atomic mass is 16.5. The van der Waals surface area contributed by atoms with Crippen LogP contribution in [0.5, 0.6) is 5.75 Å². The third-order valence-electron chi connectivity index (χ3n) is 4.42. The minimum atomic E-state index is 0.0166. The number of hydrogen-bond acceptors (Lipinski definition) is 4. The number of rotatable bonds is 4. The normalized spacial score (nSPS) is 14.8. The number of hydrogen-bond donors (Lipinski definition) is 1. The van der Waals surface area contributed by atoms with E-state index in [1.807, 2.05) is 53.4 Å². The van der Waals surface area contributed by atoms with E-state index in [-0.39, 0.29) is 5.91 Å². The number of para-hydroxylation sites is 3. The second kappa shape index (κ2) is 7.75. The van der Waals surface area contributed by atoms with E-state index in [9.17, 15) is 4.79 Å². The van der Waals surface area contributed by atoms with Crippen LogP contribution in [0.15, 0.2) is 54.6 Å². The lowest BCUT2D eigenvalue weighted by atomic mass is 10.1. The van der Waals surface area contributed by atoms with Crippen molar-refractivity contribution in [2.24, 2.45) is 0 Å². The molecule has 130 valence electrons. The number of nitrogens with zero attached hydrogens (tertiary/aromatic N) is 2. The number of carbonyl (C=O) groups is 1. The van der Waals surface area contributed by atoms with E-state index in [4.69, 9.17) is 10.5 Å². The molecule has 0 saturated carbocycles. The molecular formula is C20H23N3O2. The molecule has 0 radical (unpaired) electrons. The molecule has 5 nitrogen and oxygen atoms in total. The quantitative estimate of drug-likeness (QED) is 0.688. The van der Waals surface area contributed by atoms with Crippen molar-refractivity contribution >= 4 is 23.4 Å². The van der Waals surface area contributed by atoms with Crippen molar-refractivity contribution in [1.82, 2.24) is 4.90 Å². The van der Waals surface area contributed by atoms with Crippen molar-refractivity contribution in [3.05, 3.63) is 60.2 Å². The Balaban J connectivity index is 1.60. The number of carbonyl (C=O) groups excluding carboxylic acids is 1. The van der Waals surface area contributed by atoms with E-state index in [0.29, 0.717) is 18.8 Å². The van der Waals surface area contributed by atoms with Gasteiger partial charge in [0.05, 0.1) is 12.8 Å². The van der Waals surface area contributed by atoms with Gasteiger partial charge in [-0.25, -0.2) is 0 Å². The van der Waals surface area contributed by atoms with Gasteiger partial charge in [0.15, 0.2) is 0 Å². The largest absolute Gasteiger partial charge is 0.495 e. The first-order valence-electron chi connectivity index (χ1n) is 8.38. The Bertz CT molecular complexity index is 765. The minimum Gasteiger partial charge on any atom is -0.495 e. The number of methoxy groups -OCH3 is 1. The number of ether oxygens (including phenoxy) is 1. The van der Waals surface area contributed by atoms with Crippen molar-refractivity contribution in [2.75, 3.05) is 43.9 Å². The third-order valence-corrected chi connectivity index (χ3v) is 4.42. The Morgan fingerprint density at radius 1 is 1.04 bits per heavy atom. The molecule has 1 amide bonds. The van der Waals surface area contributed by atoms with Crippen LogP contribution in [0.2, 0.25) is 0 Å². The topological polar surface area (TPSA) is 58.8 Å². The maximum Gasteiger partial charge on any atom is 0.246 e. The van der Waals surface area contributed by atoms with Gasteiger partial charge in [-0.1, -0.05) is 30.3 Å². The number of nitrogen functional groups attached to an aromatic ring is 1. The molecular weight excluding hydrogens is 314 g/mol. The number of amides is 1. The number of nitrogens with two attached hydrogens (primary N) is 1. The van der Waals surface area contributed by atoms with Crippen molar-refractivity contribution in [1.29, 1.82) is 0 Å². The Kier molecular flexibility index (Phi) is 5.23. The van der Waals surface area contributed by atoms with Gasteiger partial charge in [0.2, 0.25) is 5.91 Å². The summed E-state index contributed by atoms with van der Waals surface area (Å²) < 4.78 is 5.43. The van der Waals surface area contributed by atoms with Crippen LogP contribution in [0, 0.1) is 0 Å². The van der Waals surface area contributed by atoms with Crippen LogP contribution in [0.4, 0.5) is 11.4 Å². The highest BCUT2D eigenvalue weighted by Crippen LogP contribution is 2.28. The maximum absolute atomic E-state index is 12.4. The molecule has 0 atom stereocenters. The smallest absolute Gasteiger partial charge is 0.246 e. The molecule has 2 aromatic carbocycles. The first-order chi connectivity index (χ1) is 12.2. The fourth-order valence-corrected chi connectivity index (χ4v) is 2.99. The molecule has 1 aliphatic rings. The number of benzene rings is 2. The van der Waals surface area contributed by atoms with Gasteiger partial charge in [-0.05, 0) is 29.8 Å². The van der Waals surface area contributed by atoms with Crippen LogP contribution in [0.1, 0.15) is 5.56 Å². The van der Waals surface area contributed by atoms with Gasteiger partial charge in [0.1, 0.15) is 5.75 Å². The fraction of sp³-hybridized carbons (Fsp3) is 0.250. The molecule has 0 aromatic heterocycles. The van der Waals surface area contributed by atoms with Crippen LogP contribution in [-0.2, 0) is 4.79 Å². The molecule has 0 spiro atoms. The summed E-state index contributed by atoms with van der Waals surface area (Å²) in [7, 11) is 1.68. The average Bonchev–Trinajstić information content (AvgIpc) is 2.67. The Morgan fingerprint density at radius 2 is 1.72 bits per heavy atom. The van der Waals surface area contributed by atoms with E-state index in [1.165, 1.54) is 0 Å². The summed E-state index contributed by atoms with van der Waals surface area (Å²) in [6.45, 7) is 2.94. The summed E-state index contributed by atoms with van der Waals surface area (Å²) in [5.41, 5.74) is 8.51. The molecule has 5 heteroatoms. The molecule has 3 rings (SSSR count). The van der Waals surface area contributed by atoms with E-state index < -0.39 is 0 Å². The predicted molar refractivity (Wildman–Crippen MR) is 102 cm³/mol. The fourth-order valence-electron chi connectivity index (χ4n) is 2.99. The van der Waals surface area contributed by atoms with Gasteiger partial charge in [0.25, 0.3) is 0 Å². The Morgan fingerprint density at radius 3 is 2.44 bits per heavy atom. The molecule has 1 fully saturated rings. The standard InChI is InChI=1S/C20H23N3O2/c1-25-19-9-5-4-8-18(19)22-12-14-23(15-13-22)20(24)11-10-16-6-2-3-7-17(16)21/h2-11H,12-15,21H2,1H3/b11-10+. The predicted octanol–water partition coefficient (Wildman–Crippen LogP) is 2.64. The third kappa shape index (κ3) is 3.94. The van der Waals surface area contributed by atoms with Crippen LogP contribution in [-0.4, -0.2) is 44.1 Å². The number of anilines is 2. The number of piperazine rings is 1. The second-order valence-corrected chi connectivity index (χ2v) is 5.95. The van der Waals surface area contributed by atoms with Gasteiger partial charge in [-0.15, -0.1) is 0 Å². The van der Waals surface area contributed by atoms with Crippen LogP contribution in [0.3, 0.4) is 0 Å². The monoisotopic (exact) mass is 337 g/mol. The van der Waals surface area contributed by atoms with Gasteiger partial charge in [-0.3, -0.25) is 4.79 Å². The molecule has 2 aromatic rings. The van der Waals surface area contributed by atoms with E-state index in [1.54, 1.807) is 19.3 Å². The summed E-state index contributed by atoms with van der Waals surface area (Å²) in [6, 6.07) is 15.5. The lowest BCUT2D eigenvalue weighted by Crippen LogP contribution is -2.48. The van der Waals surface area contributed by atoms with E-state index in [2.05, 4.69) is 4.90 Å². The molecule has 1 aliphatic heterocycles. The summed E-state index contributed by atoms with van der Waals surface area (Å²) in [6.07, 6.45) is 3.38. The lowest BCUT2D eigenvalue weighted by molar-refractivity contribution is -0.126. The van der Waals surface area contributed by atoms with Crippen molar-refractivity contribution in [3.8, 4) is 5.75 Å².